The lowest BCUT2D eigenvalue weighted by Crippen LogP contribution is -2.06. The molecule has 1 aromatic heterocycles. The number of ether oxygens (including phenoxy) is 2. The number of carbonyl (C=O) groups excluding carboxylic acids is 1. The van der Waals surface area contributed by atoms with Crippen LogP contribution in [-0.2, 0) is 14.3 Å². The molecule has 0 atom stereocenters. The number of pyridine rings is 1. The zero-order chi connectivity index (χ0) is 14.3. The van der Waals surface area contributed by atoms with Crippen molar-refractivity contribution >= 4 is 17.3 Å². The van der Waals surface area contributed by atoms with Crippen LogP contribution >= 0.6 is 0 Å². The minimum Gasteiger partial charge on any atom is -0.503 e. The highest BCUT2D eigenvalue weighted by molar-refractivity contribution is 6.16. The van der Waals surface area contributed by atoms with Crippen LogP contribution in [0.4, 0.5) is 0 Å². The van der Waals surface area contributed by atoms with Gasteiger partial charge in [-0.25, -0.2) is 4.79 Å². The molecular formula is C13H16N2O4. The Morgan fingerprint density at radius 2 is 2.11 bits per heavy atom. The number of hydrogen-bond donors (Lipinski definition) is 0. The first-order chi connectivity index (χ1) is 9.10. The van der Waals surface area contributed by atoms with Crippen molar-refractivity contribution in [1.29, 1.82) is 0 Å². The topological polar surface area (TPSA) is 70.0 Å². The monoisotopic (exact) mass is 264 g/mol. The third kappa shape index (κ3) is 4.09. The summed E-state index contributed by atoms with van der Waals surface area (Å²) in [5.74, 6) is -0.151. The molecule has 1 rings (SSSR count). The zero-order valence-electron chi connectivity index (χ0n) is 11.3. The maximum atomic E-state index is 11.7. The van der Waals surface area contributed by atoms with E-state index in [1.54, 1.807) is 26.1 Å². The molecule has 0 saturated carbocycles. The molecule has 102 valence electrons. The summed E-state index contributed by atoms with van der Waals surface area (Å²) in [6, 6.07) is 1.61. The van der Waals surface area contributed by atoms with E-state index in [4.69, 9.17) is 14.3 Å². The number of esters is 1. The predicted molar refractivity (Wildman–Crippen MR) is 70.7 cm³/mol. The summed E-state index contributed by atoms with van der Waals surface area (Å²) in [6.45, 7) is 3.60. The van der Waals surface area contributed by atoms with Gasteiger partial charge in [-0.2, -0.15) is 0 Å². The molecule has 0 amide bonds. The molecule has 19 heavy (non-hydrogen) atoms. The van der Waals surface area contributed by atoms with Gasteiger partial charge in [0.15, 0.2) is 5.75 Å². The summed E-state index contributed by atoms with van der Waals surface area (Å²) in [5.41, 5.74) is 1.40. The van der Waals surface area contributed by atoms with Gasteiger partial charge >= 0.3 is 5.97 Å². The largest absolute Gasteiger partial charge is 0.503 e. The fourth-order valence-electron chi connectivity index (χ4n) is 1.25. The van der Waals surface area contributed by atoms with E-state index in [0.29, 0.717) is 11.3 Å². The molecule has 0 fully saturated rings. The Balaban J connectivity index is 3.20. The molecule has 0 aliphatic carbocycles. The molecule has 0 radical (unpaired) electrons. The third-order valence-corrected chi connectivity index (χ3v) is 2.04. The molecule has 1 aromatic rings. The van der Waals surface area contributed by atoms with Gasteiger partial charge in [0.25, 0.3) is 0 Å². The van der Waals surface area contributed by atoms with Crippen LogP contribution in [0.5, 0.6) is 5.75 Å². The molecule has 0 aliphatic rings. The minimum absolute atomic E-state index is 0.206. The summed E-state index contributed by atoms with van der Waals surface area (Å²) in [6.07, 6.45) is 4.30. The number of oxime groups is 1. The van der Waals surface area contributed by atoms with Crippen LogP contribution in [0.1, 0.15) is 19.4 Å². The van der Waals surface area contributed by atoms with E-state index in [1.807, 2.05) is 0 Å². The standard InChI is InChI=1S/C13H16N2O4/c1-9(2)15-19-12-5-6-14-7-10(12)11(8-17-3)13(16)18-4/h5-8H,1-4H3/b11-8+. The molecule has 6 heteroatoms. The zero-order valence-corrected chi connectivity index (χ0v) is 11.3. The first-order valence-electron chi connectivity index (χ1n) is 5.54. The third-order valence-electron chi connectivity index (χ3n) is 2.04. The molecule has 0 aromatic carbocycles. The first-order valence-corrected chi connectivity index (χ1v) is 5.54. The highest BCUT2D eigenvalue weighted by atomic mass is 16.6. The van der Waals surface area contributed by atoms with Gasteiger partial charge in [0.05, 0.1) is 31.8 Å². The average molecular weight is 264 g/mol. The van der Waals surface area contributed by atoms with Crippen LogP contribution in [0.3, 0.4) is 0 Å². The summed E-state index contributed by atoms with van der Waals surface area (Å²) < 4.78 is 9.57. The van der Waals surface area contributed by atoms with Gasteiger partial charge in [0.2, 0.25) is 0 Å². The fraction of sp³-hybridized carbons (Fsp3) is 0.308. The van der Waals surface area contributed by atoms with Gasteiger partial charge in [-0.15, -0.1) is 0 Å². The van der Waals surface area contributed by atoms with Gasteiger partial charge in [0.1, 0.15) is 5.57 Å². The Morgan fingerprint density at radius 3 is 2.68 bits per heavy atom. The fourth-order valence-corrected chi connectivity index (χ4v) is 1.25. The van der Waals surface area contributed by atoms with E-state index in [-0.39, 0.29) is 5.57 Å². The second-order valence-electron chi connectivity index (χ2n) is 3.76. The lowest BCUT2D eigenvalue weighted by Gasteiger charge is -2.09. The summed E-state index contributed by atoms with van der Waals surface area (Å²) in [5, 5.41) is 3.85. The van der Waals surface area contributed by atoms with Crippen molar-refractivity contribution in [1.82, 2.24) is 4.98 Å². The number of aromatic nitrogens is 1. The van der Waals surface area contributed by atoms with E-state index in [0.717, 1.165) is 5.71 Å². The first kappa shape index (κ1) is 14.7. The van der Waals surface area contributed by atoms with E-state index in [1.165, 1.54) is 26.7 Å². The van der Waals surface area contributed by atoms with Crippen LogP contribution in [0.25, 0.3) is 5.57 Å². The maximum absolute atomic E-state index is 11.7. The molecule has 0 aliphatic heterocycles. The SMILES string of the molecule is CO/C=C(/C(=O)OC)c1cnccc1ON=C(C)C. The Hall–Kier alpha value is -2.37. The molecular weight excluding hydrogens is 248 g/mol. The summed E-state index contributed by atoms with van der Waals surface area (Å²) in [7, 11) is 2.73. The molecule has 6 nitrogen and oxygen atoms in total. The van der Waals surface area contributed by atoms with Gasteiger partial charge in [-0.05, 0) is 13.8 Å². The van der Waals surface area contributed by atoms with E-state index >= 15 is 0 Å². The molecule has 1 heterocycles. The minimum atomic E-state index is -0.545. The number of hydrogen-bond acceptors (Lipinski definition) is 6. The van der Waals surface area contributed by atoms with Gasteiger partial charge in [0, 0.05) is 18.5 Å². The molecule has 0 unspecified atom stereocenters. The van der Waals surface area contributed by atoms with Crippen molar-refractivity contribution in [2.24, 2.45) is 5.16 Å². The van der Waals surface area contributed by atoms with Crippen molar-refractivity contribution in [3.63, 3.8) is 0 Å². The summed E-state index contributed by atoms with van der Waals surface area (Å²) >= 11 is 0. The lowest BCUT2D eigenvalue weighted by atomic mass is 10.1. The molecule has 0 spiro atoms. The van der Waals surface area contributed by atoms with E-state index in [2.05, 4.69) is 10.1 Å². The molecule has 0 saturated heterocycles. The second-order valence-corrected chi connectivity index (χ2v) is 3.76. The maximum Gasteiger partial charge on any atom is 0.341 e. The van der Waals surface area contributed by atoms with Crippen molar-refractivity contribution < 1.29 is 19.1 Å². The predicted octanol–water partition coefficient (Wildman–Crippen LogP) is 2.02. The van der Waals surface area contributed by atoms with Crippen LogP contribution in [-0.4, -0.2) is 30.9 Å². The Bertz CT molecular complexity index is 505. The highest BCUT2D eigenvalue weighted by Gasteiger charge is 2.18. The number of methoxy groups -OCH3 is 2. The van der Waals surface area contributed by atoms with E-state index < -0.39 is 5.97 Å². The van der Waals surface area contributed by atoms with E-state index in [9.17, 15) is 4.79 Å². The summed E-state index contributed by atoms with van der Waals surface area (Å²) in [4.78, 5) is 20.9. The Labute approximate surface area is 111 Å². The Kier molecular flexibility index (Phi) is 5.53. The van der Waals surface area contributed by atoms with Gasteiger partial charge in [-0.1, -0.05) is 5.16 Å². The van der Waals surface area contributed by atoms with Crippen LogP contribution in [0.15, 0.2) is 29.9 Å². The van der Waals surface area contributed by atoms with Gasteiger partial charge < -0.3 is 14.3 Å². The normalized spacial score (nSPS) is 10.6. The average Bonchev–Trinajstić information content (AvgIpc) is 2.42. The van der Waals surface area contributed by atoms with Crippen molar-refractivity contribution in [2.45, 2.75) is 13.8 Å². The number of carbonyl (C=O) groups is 1. The molecule has 0 N–H and O–H groups in total. The lowest BCUT2D eigenvalue weighted by molar-refractivity contribution is -0.133. The van der Waals surface area contributed by atoms with Crippen LogP contribution < -0.4 is 4.84 Å². The van der Waals surface area contributed by atoms with Crippen LogP contribution in [0.2, 0.25) is 0 Å². The quantitative estimate of drug-likeness (QED) is 0.267. The number of rotatable bonds is 5. The molecule has 0 bridgehead atoms. The number of nitrogens with zero attached hydrogens (tertiary/aromatic N) is 2. The van der Waals surface area contributed by atoms with Crippen molar-refractivity contribution in [2.75, 3.05) is 14.2 Å². The Morgan fingerprint density at radius 1 is 1.37 bits per heavy atom. The van der Waals surface area contributed by atoms with Crippen molar-refractivity contribution in [3.05, 3.63) is 30.3 Å². The highest BCUT2D eigenvalue weighted by Crippen LogP contribution is 2.26. The smallest absolute Gasteiger partial charge is 0.341 e. The second kappa shape index (κ2) is 7.15. The van der Waals surface area contributed by atoms with Gasteiger partial charge in [-0.3, -0.25) is 4.98 Å². The van der Waals surface area contributed by atoms with Crippen molar-refractivity contribution in [3.8, 4) is 5.75 Å². The van der Waals surface area contributed by atoms with Crippen LogP contribution in [0, 0.1) is 0 Å².